The summed E-state index contributed by atoms with van der Waals surface area (Å²) in [5.41, 5.74) is 4.87. The molecule has 0 unspecified atom stereocenters. The largest absolute Gasteiger partial charge is 0.481 e. The summed E-state index contributed by atoms with van der Waals surface area (Å²) in [6.07, 6.45) is 4.41. The number of hydrogen-bond acceptors (Lipinski definition) is 3. The Labute approximate surface area is 183 Å². The number of hydrogen-bond donors (Lipinski definition) is 2. The van der Waals surface area contributed by atoms with Gasteiger partial charge in [0.15, 0.2) is 17.3 Å². The number of aliphatic carboxylic acids is 1. The van der Waals surface area contributed by atoms with E-state index in [2.05, 4.69) is 24.0 Å². The van der Waals surface area contributed by atoms with Gasteiger partial charge in [0.1, 0.15) is 0 Å². The van der Waals surface area contributed by atoms with Gasteiger partial charge in [-0.2, -0.15) is 5.10 Å². The molecule has 3 heterocycles. The lowest BCUT2D eigenvalue weighted by molar-refractivity contribution is -0.142. The molecule has 0 amide bonds. The third-order valence-electron chi connectivity index (χ3n) is 6.61. The average Bonchev–Trinajstić information content (AvgIpc) is 3.36. The smallest absolute Gasteiger partial charge is 0.306 e. The molecule has 1 aromatic carbocycles. The van der Waals surface area contributed by atoms with Gasteiger partial charge in [0.2, 0.25) is 0 Å². The number of aromatic amines is 1. The van der Waals surface area contributed by atoms with Crippen LogP contribution in [-0.4, -0.2) is 30.8 Å². The minimum absolute atomic E-state index is 0.0842. The fourth-order valence-electron chi connectivity index (χ4n) is 5.11. The first kappa shape index (κ1) is 20.6. The molecule has 1 fully saturated rings. The lowest BCUT2D eigenvalue weighted by Gasteiger charge is -2.27. The van der Waals surface area contributed by atoms with E-state index in [1.54, 1.807) is 12.3 Å². The number of fused-ring (bicyclic) bond motifs is 2. The molecule has 1 saturated carbocycles. The van der Waals surface area contributed by atoms with Gasteiger partial charge in [0.05, 0.1) is 23.1 Å². The van der Waals surface area contributed by atoms with Crippen LogP contribution in [0.25, 0.3) is 27.8 Å². The van der Waals surface area contributed by atoms with Gasteiger partial charge in [-0.3, -0.25) is 9.89 Å². The summed E-state index contributed by atoms with van der Waals surface area (Å²) >= 11 is 0. The predicted octanol–water partition coefficient (Wildman–Crippen LogP) is 5.66. The number of carboxylic acids is 1. The first-order valence-electron chi connectivity index (χ1n) is 10.9. The van der Waals surface area contributed by atoms with E-state index in [9.17, 15) is 18.7 Å². The van der Waals surface area contributed by atoms with Crippen molar-refractivity contribution < 1.29 is 18.7 Å². The molecule has 0 saturated heterocycles. The maximum atomic E-state index is 14.2. The lowest BCUT2D eigenvalue weighted by Crippen LogP contribution is -2.21. The molecule has 0 atom stereocenters. The van der Waals surface area contributed by atoms with Crippen LogP contribution in [0.15, 0.2) is 30.5 Å². The second-order valence-electron chi connectivity index (χ2n) is 8.94. The zero-order valence-electron chi connectivity index (χ0n) is 17.9. The fourth-order valence-corrected chi connectivity index (χ4v) is 5.11. The van der Waals surface area contributed by atoms with Crippen LogP contribution in [0.3, 0.4) is 0 Å². The molecule has 0 aliphatic heterocycles. The van der Waals surface area contributed by atoms with E-state index in [-0.39, 0.29) is 17.8 Å². The van der Waals surface area contributed by atoms with Crippen LogP contribution in [0, 0.1) is 17.6 Å². The van der Waals surface area contributed by atoms with Crippen LogP contribution in [0.4, 0.5) is 8.78 Å². The topological polar surface area (TPSA) is 83.8 Å². The zero-order chi connectivity index (χ0) is 22.6. The van der Waals surface area contributed by atoms with Crippen molar-refractivity contribution in [1.82, 2.24) is 19.7 Å². The second kappa shape index (κ2) is 7.69. The lowest BCUT2D eigenvalue weighted by atomic mass is 9.77. The van der Waals surface area contributed by atoms with Crippen molar-refractivity contribution in [2.75, 3.05) is 0 Å². The van der Waals surface area contributed by atoms with Crippen molar-refractivity contribution in [2.45, 2.75) is 51.4 Å². The number of H-pyrrole nitrogens is 1. The Hall–Kier alpha value is -3.29. The SMILES string of the molecule is CC(C)c1c([C@H]2CC[C@H](C(=O)O)CC2)c2nc3[nH]ncc3cc2n1-c1ccc(F)c(F)c1. The van der Waals surface area contributed by atoms with Crippen molar-refractivity contribution in [2.24, 2.45) is 5.92 Å². The molecule has 1 aliphatic rings. The van der Waals surface area contributed by atoms with Gasteiger partial charge < -0.3 is 9.67 Å². The molecular formula is C24H24F2N4O2. The standard InChI is InChI=1S/C24H24F2N4O2/c1-12(2)22-20(13-3-5-14(6-4-13)24(31)32)21-19(9-15-11-27-29-23(15)28-21)30(22)16-7-8-17(25)18(26)10-16/h7-14H,3-6H2,1-2H3,(H,31,32)(H,27,28,29)/t13-,14-. The summed E-state index contributed by atoms with van der Waals surface area (Å²) in [5.74, 6) is -2.63. The molecule has 0 radical (unpaired) electrons. The monoisotopic (exact) mass is 438 g/mol. The molecule has 2 N–H and O–H groups in total. The van der Waals surface area contributed by atoms with Gasteiger partial charge >= 0.3 is 5.97 Å². The molecule has 0 spiro atoms. The summed E-state index contributed by atoms with van der Waals surface area (Å²) in [4.78, 5) is 16.3. The Morgan fingerprint density at radius 1 is 1.16 bits per heavy atom. The molecule has 1 aliphatic carbocycles. The van der Waals surface area contributed by atoms with Crippen LogP contribution >= 0.6 is 0 Å². The van der Waals surface area contributed by atoms with Crippen molar-refractivity contribution >= 4 is 28.0 Å². The summed E-state index contributed by atoms with van der Waals surface area (Å²) in [6, 6.07) is 5.91. The van der Waals surface area contributed by atoms with E-state index in [1.807, 2.05) is 10.6 Å². The number of benzene rings is 1. The van der Waals surface area contributed by atoms with E-state index >= 15 is 0 Å². The van der Waals surface area contributed by atoms with Crippen LogP contribution < -0.4 is 0 Å². The van der Waals surface area contributed by atoms with Crippen LogP contribution in [-0.2, 0) is 4.79 Å². The molecule has 32 heavy (non-hydrogen) atoms. The quantitative estimate of drug-likeness (QED) is 0.431. The van der Waals surface area contributed by atoms with Crippen LogP contribution in [0.1, 0.15) is 62.6 Å². The highest BCUT2D eigenvalue weighted by Crippen LogP contribution is 2.44. The molecule has 3 aromatic heterocycles. The van der Waals surface area contributed by atoms with Crippen molar-refractivity contribution in [3.05, 3.63) is 53.4 Å². The maximum Gasteiger partial charge on any atom is 0.306 e. The van der Waals surface area contributed by atoms with Crippen LogP contribution in [0.5, 0.6) is 0 Å². The third-order valence-corrected chi connectivity index (χ3v) is 6.61. The van der Waals surface area contributed by atoms with E-state index in [1.165, 1.54) is 6.07 Å². The number of carbonyl (C=O) groups is 1. The Kier molecular flexibility index (Phi) is 4.95. The number of nitrogens with zero attached hydrogens (tertiary/aromatic N) is 3. The summed E-state index contributed by atoms with van der Waals surface area (Å²) in [5, 5.41) is 17.3. The van der Waals surface area contributed by atoms with Gasteiger partial charge in [0, 0.05) is 28.4 Å². The predicted molar refractivity (Wildman–Crippen MR) is 117 cm³/mol. The van der Waals surface area contributed by atoms with Gasteiger partial charge in [-0.05, 0) is 55.7 Å². The van der Waals surface area contributed by atoms with Crippen molar-refractivity contribution in [3.63, 3.8) is 0 Å². The first-order valence-corrected chi connectivity index (χ1v) is 10.9. The Bertz CT molecular complexity index is 1330. The fraction of sp³-hybridized carbons (Fsp3) is 0.375. The van der Waals surface area contributed by atoms with E-state index in [0.717, 1.165) is 46.6 Å². The highest BCUT2D eigenvalue weighted by Gasteiger charge is 2.33. The third kappa shape index (κ3) is 3.25. The molecule has 4 aromatic rings. The van der Waals surface area contributed by atoms with Crippen molar-refractivity contribution in [3.8, 4) is 5.69 Å². The highest BCUT2D eigenvalue weighted by molar-refractivity contribution is 5.93. The van der Waals surface area contributed by atoms with Gasteiger partial charge in [0.25, 0.3) is 0 Å². The number of aromatic nitrogens is 4. The summed E-state index contributed by atoms with van der Waals surface area (Å²) in [7, 11) is 0. The normalized spacial score (nSPS) is 19.3. The Balaban J connectivity index is 1.78. The van der Waals surface area contributed by atoms with Gasteiger partial charge in [-0.1, -0.05) is 13.8 Å². The first-order chi connectivity index (χ1) is 15.3. The molecular weight excluding hydrogens is 414 g/mol. The Morgan fingerprint density at radius 3 is 2.56 bits per heavy atom. The van der Waals surface area contributed by atoms with E-state index in [4.69, 9.17) is 4.98 Å². The molecule has 5 rings (SSSR count). The van der Waals surface area contributed by atoms with E-state index in [0.29, 0.717) is 24.2 Å². The maximum absolute atomic E-state index is 14.2. The van der Waals surface area contributed by atoms with Crippen LogP contribution in [0.2, 0.25) is 0 Å². The molecule has 166 valence electrons. The van der Waals surface area contributed by atoms with Gasteiger partial charge in [-0.15, -0.1) is 0 Å². The molecule has 8 heteroatoms. The number of carboxylic acid groups (broad SMARTS) is 1. The minimum atomic E-state index is -0.903. The highest BCUT2D eigenvalue weighted by atomic mass is 19.2. The Morgan fingerprint density at radius 2 is 1.91 bits per heavy atom. The van der Waals surface area contributed by atoms with Gasteiger partial charge in [-0.25, -0.2) is 13.8 Å². The second-order valence-corrected chi connectivity index (χ2v) is 8.94. The van der Waals surface area contributed by atoms with E-state index < -0.39 is 17.6 Å². The molecule has 6 nitrogen and oxygen atoms in total. The number of halogens is 2. The average molecular weight is 438 g/mol. The zero-order valence-corrected chi connectivity index (χ0v) is 17.9. The number of nitrogens with one attached hydrogen (secondary N) is 1. The number of pyridine rings is 1. The summed E-state index contributed by atoms with van der Waals surface area (Å²) < 4.78 is 29.9. The number of rotatable bonds is 4. The molecule has 0 bridgehead atoms. The minimum Gasteiger partial charge on any atom is -0.481 e. The van der Waals surface area contributed by atoms with Crippen molar-refractivity contribution in [1.29, 1.82) is 0 Å². The summed E-state index contributed by atoms with van der Waals surface area (Å²) in [6.45, 7) is 4.15.